The Morgan fingerprint density at radius 3 is 2.50 bits per heavy atom. The normalized spacial score (nSPS) is 16.2. The van der Waals surface area contributed by atoms with Gasteiger partial charge in [-0.3, -0.25) is 4.79 Å². The summed E-state index contributed by atoms with van der Waals surface area (Å²) in [6.07, 6.45) is 2.54. The number of ether oxygens (including phenoxy) is 1. The first-order chi connectivity index (χ1) is 13.7. The molecule has 2 aromatic rings. The molecule has 1 unspecified atom stereocenters. The summed E-state index contributed by atoms with van der Waals surface area (Å²) in [4.78, 5) is 14.3. The number of sulfone groups is 1. The quantitative estimate of drug-likeness (QED) is 0.691. The van der Waals surface area contributed by atoms with E-state index in [-0.39, 0.29) is 29.6 Å². The lowest BCUT2D eigenvalue weighted by Crippen LogP contribution is -2.30. The number of carbonyl (C=O) groups is 1. The lowest BCUT2D eigenvalue weighted by molar-refractivity contribution is 0.0783. The molecule has 2 N–H and O–H groups in total. The molecule has 0 aromatic heterocycles. The molecule has 1 atom stereocenters. The minimum Gasteiger partial charge on any atom is -0.457 e. The number of nitrogens with zero attached hydrogens (tertiary/aromatic N) is 1. The lowest BCUT2D eigenvalue weighted by atomic mass is 10.1. The first-order valence-corrected chi connectivity index (χ1v) is 11.5. The Hall–Kier alpha value is -2.16. The fourth-order valence-corrected chi connectivity index (χ4v) is 4.64. The van der Waals surface area contributed by atoms with Crippen molar-refractivity contribution in [2.45, 2.75) is 12.8 Å². The van der Waals surface area contributed by atoms with Crippen molar-refractivity contribution in [1.29, 1.82) is 0 Å². The highest BCUT2D eigenvalue weighted by molar-refractivity contribution is 7.90. The van der Waals surface area contributed by atoms with Crippen LogP contribution in [-0.2, 0) is 16.3 Å². The van der Waals surface area contributed by atoms with Gasteiger partial charge in [0.2, 0.25) is 0 Å². The van der Waals surface area contributed by atoms with E-state index in [1.54, 1.807) is 12.1 Å². The number of amides is 1. The molecule has 3 rings (SSSR count). The minimum absolute atomic E-state index is 0. The molecule has 0 spiro atoms. The number of nitrogens with two attached hydrogens (primary N) is 1. The van der Waals surface area contributed by atoms with Crippen molar-refractivity contribution in [3.05, 3.63) is 59.4 Å². The van der Waals surface area contributed by atoms with E-state index in [0.717, 1.165) is 12.0 Å². The van der Waals surface area contributed by atoms with Gasteiger partial charge in [-0.15, -0.1) is 12.4 Å². The Labute approximate surface area is 182 Å². The summed E-state index contributed by atoms with van der Waals surface area (Å²) in [5.74, 6) is -0.251. The van der Waals surface area contributed by atoms with Crippen LogP contribution in [0.5, 0.6) is 11.5 Å². The Balaban J connectivity index is 0.00000320. The molecule has 1 fully saturated rings. The molecule has 30 heavy (non-hydrogen) atoms. The molecule has 1 amide bonds. The van der Waals surface area contributed by atoms with Gasteiger partial charge in [-0.2, -0.15) is 0 Å². The Morgan fingerprint density at radius 2 is 1.87 bits per heavy atom. The van der Waals surface area contributed by atoms with Crippen LogP contribution in [0.25, 0.3) is 0 Å². The molecular formula is C21H26ClFN2O4S. The molecule has 0 bridgehead atoms. The van der Waals surface area contributed by atoms with Crippen molar-refractivity contribution in [2.24, 2.45) is 11.7 Å². The van der Waals surface area contributed by atoms with Crippen LogP contribution in [0, 0.1) is 11.7 Å². The Bertz CT molecular complexity index is 983. The Kier molecular flexibility index (Phi) is 8.23. The third-order valence-corrected chi connectivity index (χ3v) is 5.95. The topological polar surface area (TPSA) is 89.7 Å². The molecule has 6 nitrogen and oxygen atoms in total. The van der Waals surface area contributed by atoms with Gasteiger partial charge in [0.05, 0.1) is 11.3 Å². The van der Waals surface area contributed by atoms with Gasteiger partial charge in [0, 0.05) is 19.3 Å². The van der Waals surface area contributed by atoms with Crippen molar-refractivity contribution < 1.29 is 22.3 Å². The first-order valence-electron chi connectivity index (χ1n) is 9.48. The van der Waals surface area contributed by atoms with E-state index < -0.39 is 21.6 Å². The van der Waals surface area contributed by atoms with E-state index in [9.17, 15) is 17.6 Å². The lowest BCUT2D eigenvalue weighted by Gasteiger charge is -2.17. The zero-order chi connectivity index (χ0) is 21.0. The molecular weight excluding hydrogens is 431 g/mol. The summed E-state index contributed by atoms with van der Waals surface area (Å²) in [6.45, 7) is 1.27. The number of halogens is 2. The summed E-state index contributed by atoms with van der Waals surface area (Å²) >= 11 is 0. The monoisotopic (exact) mass is 456 g/mol. The van der Waals surface area contributed by atoms with Gasteiger partial charge in [-0.1, -0.05) is 12.1 Å². The second-order valence-electron chi connectivity index (χ2n) is 7.42. The maximum absolute atomic E-state index is 14.3. The van der Waals surface area contributed by atoms with Crippen molar-refractivity contribution >= 4 is 28.2 Å². The number of hydrogen-bond donors (Lipinski definition) is 1. The molecule has 2 aromatic carbocycles. The van der Waals surface area contributed by atoms with E-state index in [0.29, 0.717) is 37.6 Å². The summed E-state index contributed by atoms with van der Waals surface area (Å²) in [6, 6.07) is 11.5. The van der Waals surface area contributed by atoms with Gasteiger partial charge >= 0.3 is 0 Å². The summed E-state index contributed by atoms with van der Waals surface area (Å²) < 4.78 is 43.0. The molecule has 164 valence electrons. The van der Waals surface area contributed by atoms with Gasteiger partial charge in [-0.25, -0.2) is 12.8 Å². The van der Waals surface area contributed by atoms with Gasteiger partial charge in [-0.05, 0) is 61.2 Å². The second-order valence-corrected chi connectivity index (χ2v) is 9.61. The highest BCUT2D eigenvalue weighted by Gasteiger charge is 2.30. The fourth-order valence-electron chi connectivity index (χ4n) is 3.51. The number of carbonyl (C=O) groups excluding carboxylic acids is 1. The van der Waals surface area contributed by atoms with Crippen molar-refractivity contribution in [3.8, 4) is 11.5 Å². The summed E-state index contributed by atoms with van der Waals surface area (Å²) in [7, 11) is -3.12. The first kappa shape index (κ1) is 24.1. The van der Waals surface area contributed by atoms with E-state index in [2.05, 4.69) is 0 Å². The Morgan fingerprint density at radius 1 is 1.20 bits per heavy atom. The largest absolute Gasteiger partial charge is 0.457 e. The maximum Gasteiger partial charge on any atom is 0.256 e. The molecule has 1 aliphatic rings. The zero-order valence-corrected chi connectivity index (χ0v) is 18.3. The van der Waals surface area contributed by atoms with E-state index in [4.69, 9.17) is 10.5 Å². The third-order valence-electron chi connectivity index (χ3n) is 4.87. The summed E-state index contributed by atoms with van der Waals surface area (Å²) in [5, 5.41) is 0. The molecule has 9 heteroatoms. The predicted molar refractivity (Wildman–Crippen MR) is 117 cm³/mol. The average Bonchev–Trinajstić information content (AvgIpc) is 3.11. The number of hydrogen-bond acceptors (Lipinski definition) is 5. The maximum atomic E-state index is 14.3. The number of likely N-dealkylation sites (tertiary alicyclic amines) is 1. The van der Waals surface area contributed by atoms with Crippen LogP contribution < -0.4 is 10.5 Å². The second kappa shape index (κ2) is 10.2. The minimum atomic E-state index is -3.12. The van der Waals surface area contributed by atoms with Crippen molar-refractivity contribution in [1.82, 2.24) is 4.90 Å². The van der Waals surface area contributed by atoms with Crippen molar-refractivity contribution in [3.63, 3.8) is 0 Å². The standard InChI is InChI=1S/C21H25FN2O4S.ClH/c1-29(26,27)14-16-9-11-24(13-16)21(25)19-12-18(6-7-20(19)22)28-17-4-2-15(3-5-17)8-10-23;/h2-7,12,16H,8-11,13-14,23H2,1H3;1H. The van der Waals surface area contributed by atoms with Crippen LogP contribution in [0.3, 0.4) is 0 Å². The van der Waals surface area contributed by atoms with Crippen LogP contribution in [0.15, 0.2) is 42.5 Å². The highest BCUT2D eigenvalue weighted by Crippen LogP contribution is 2.27. The highest BCUT2D eigenvalue weighted by atomic mass is 35.5. The van der Waals surface area contributed by atoms with Gasteiger partial charge in [0.25, 0.3) is 5.91 Å². The van der Waals surface area contributed by atoms with E-state index in [1.807, 2.05) is 12.1 Å². The third kappa shape index (κ3) is 6.42. The zero-order valence-electron chi connectivity index (χ0n) is 16.7. The van der Waals surface area contributed by atoms with Crippen LogP contribution >= 0.6 is 12.4 Å². The number of rotatable bonds is 7. The van der Waals surface area contributed by atoms with Crippen LogP contribution in [0.1, 0.15) is 22.3 Å². The SMILES string of the molecule is CS(=O)(=O)CC1CCN(C(=O)c2cc(Oc3ccc(CCN)cc3)ccc2F)C1.Cl. The molecule has 0 saturated carbocycles. The van der Waals surface area contributed by atoms with Gasteiger partial charge in [0.1, 0.15) is 27.2 Å². The average molecular weight is 457 g/mol. The van der Waals surface area contributed by atoms with E-state index >= 15 is 0 Å². The smallest absolute Gasteiger partial charge is 0.256 e. The van der Waals surface area contributed by atoms with Crippen LogP contribution in [0.4, 0.5) is 4.39 Å². The van der Waals surface area contributed by atoms with Crippen LogP contribution in [-0.4, -0.2) is 50.9 Å². The molecule has 0 aliphatic carbocycles. The van der Waals surface area contributed by atoms with Crippen LogP contribution in [0.2, 0.25) is 0 Å². The van der Waals surface area contributed by atoms with Gasteiger partial charge in [0.15, 0.2) is 0 Å². The molecule has 0 radical (unpaired) electrons. The molecule has 1 aliphatic heterocycles. The molecule has 1 saturated heterocycles. The number of benzene rings is 2. The van der Waals surface area contributed by atoms with Gasteiger partial charge < -0.3 is 15.4 Å². The molecule has 1 heterocycles. The summed E-state index contributed by atoms with van der Waals surface area (Å²) in [5.41, 5.74) is 6.55. The predicted octanol–water partition coefficient (Wildman–Crippen LogP) is 3.05. The fraction of sp³-hybridized carbons (Fsp3) is 0.381. The van der Waals surface area contributed by atoms with E-state index in [1.165, 1.54) is 29.4 Å². The van der Waals surface area contributed by atoms with Crippen molar-refractivity contribution in [2.75, 3.05) is 31.6 Å².